The Morgan fingerprint density at radius 1 is 0.875 bits per heavy atom. The molecule has 0 aliphatic heterocycles. The van der Waals surface area contributed by atoms with E-state index in [1.807, 2.05) is 6.92 Å². The van der Waals surface area contributed by atoms with Crippen LogP contribution in [0.25, 0.3) is 0 Å². The molecule has 4 rings (SSSR count). The number of aliphatic hydroxyl groups excluding tert-OH is 2. The van der Waals surface area contributed by atoms with Gasteiger partial charge in [0.1, 0.15) is 0 Å². The Balaban J connectivity index is 0.00000169. The Bertz CT molecular complexity index is 467. The summed E-state index contributed by atoms with van der Waals surface area (Å²) >= 11 is 0. The molecule has 0 aromatic heterocycles. The molecule has 4 aliphatic carbocycles. The zero-order chi connectivity index (χ0) is 16.4. The monoisotopic (exact) mass is 547 g/mol. The van der Waals surface area contributed by atoms with Gasteiger partial charge in [0.05, 0.1) is 12.2 Å². The van der Waals surface area contributed by atoms with E-state index in [2.05, 4.69) is 13.8 Å². The van der Waals surface area contributed by atoms with Gasteiger partial charge in [0.15, 0.2) is 0 Å². The fraction of sp³-hybridized carbons (Fsp3) is 1.00. The average Bonchev–Trinajstić information content (AvgIpc) is 2.85. The van der Waals surface area contributed by atoms with Gasteiger partial charge in [-0.25, -0.2) is 0 Å². The number of rotatable bonds is 1. The van der Waals surface area contributed by atoms with Crippen molar-refractivity contribution in [3.8, 4) is 0 Å². The molecule has 135 valence electrons. The average molecular weight is 548 g/mol. The second kappa shape index (κ2) is 7.07. The van der Waals surface area contributed by atoms with Gasteiger partial charge in [0.25, 0.3) is 0 Å². The number of hydrogen-bond acceptors (Lipinski definition) is 2. The van der Waals surface area contributed by atoms with Crippen molar-refractivity contribution in [2.45, 2.75) is 90.8 Å². The molecule has 4 aliphatic rings. The van der Waals surface area contributed by atoms with Crippen LogP contribution >= 0.6 is 0 Å². The van der Waals surface area contributed by atoms with Crippen LogP contribution in [-0.2, 0) is 0 Å². The molecule has 4 fully saturated rings. The number of hydrogen-bond donors (Lipinski definition) is 2. The maximum absolute atomic E-state index is 10.3. The van der Waals surface area contributed by atoms with Gasteiger partial charge in [-0.05, 0) is 105 Å². The van der Waals surface area contributed by atoms with E-state index in [0.717, 1.165) is 36.5 Å². The van der Waals surface area contributed by atoms with Crippen molar-refractivity contribution < 1.29 is 54.3 Å². The fourth-order valence-corrected chi connectivity index (χ4v) is 8.07. The van der Waals surface area contributed by atoms with E-state index in [1.54, 1.807) is 0 Å². The summed E-state index contributed by atoms with van der Waals surface area (Å²) in [5.41, 5.74) is 0.860. The van der Waals surface area contributed by atoms with Gasteiger partial charge < -0.3 is 10.2 Å². The SMILES string of the molecule is CC(O)C1CCC2C3CCC4CC(O)CCC4(C)C3CCC12C.[Ac]. The molecule has 0 amide bonds. The maximum Gasteiger partial charge on any atom is 0.0545 e. The standard InChI is InChI=1S/C21H36O2.Ac/c1-13(22)17-6-7-18-16-5-4-14-12-15(23)8-10-20(14,2)19(16)9-11-21(17,18)3;/h13-19,22-23H,4-12H2,1-3H3;. The second-order valence-corrected chi connectivity index (χ2v) is 10.1. The molecule has 1 radical (unpaired) electrons. The maximum atomic E-state index is 10.3. The Kier molecular flexibility index (Phi) is 5.92. The van der Waals surface area contributed by atoms with Crippen molar-refractivity contribution in [3.63, 3.8) is 0 Å². The normalized spacial score (nSPS) is 54.9. The molecule has 0 aromatic carbocycles. The van der Waals surface area contributed by atoms with Crippen LogP contribution in [0.2, 0.25) is 0 Å². The topological polar surface area (TPSA) is 40.5 Å². The Labute approximate surface area is 184 Å². The quantitative estimate of drug-likeness (QED) is 0.512. The zero-order valence-electron chi connectivity index (χ0n) is 15.9. The first-order chi connectivity index (χ1) is 10.9. The van der Waals surface area contributed by atoms with Crippen molar-refractivity contribution in [2.75, 3.05) is 0 Å². The molecule has 0 aromatic rings. The summed E-state index contributed by atoms with van der Waals surface area (Å²) in [4.78, 5) is 0. The molecule has 2 nitrogen and oxygen atoms in total. The molecule has 2 N–H and O–H groups in total. The molecule has 0 bridgehead atoms. The second-order valence-electron chi connectivity index (χ2n) is 10.1. The van der Waals surface area contributed by atoms with Crippen molar-refractivity contribution in [2.24, 2.45) is 40.4 Å². The van der Waals surface area contributed by atoms with E-state index >= 15 is 0 Å². The molecule has 9 unspecified atom stereocenters. The third-order valence-corrected chi connectivity index (χ3v) is 9.29. The Morgan fingerprint density at radius 2 is 1.54 bits per heavy atom. The summed E-state index contributed by atoms with van der Waals surface area (Å²) in [6.45, 7) is 7.08. The summed E-state index contributed by atoms with van der Waals surface area (Å²) < 4.78 is 0. The van der Waals surface area contributed by atoms with Gasteiger partial charge in [-0.2, -0.15) is 0 Å². The van der Waals surface area contributed by atoms with Gasteiger partial charge in [0.2, 0.25) is 0 Å². The van der Waals surface area contributed by atoms with E-state index in [1.165, 1.54) is 44.9 Å². The number of aliphatic hydroxyl groups is 2. The summed E-state index contributed by atoms with van der Waals surface area (Å²) in [6.07, 6.45) is 11.1. The summed E-state index contributed by atoms with van der Waals surface area (Å²) in [7, 11) is 0. The van der Waals surface area contributed by atoms with E-state index in [-0.39, 0.29) is 56.3 Å². The van der Waals surface area contributed by atoms with Crippen molar-refractivity contribution in [1.29, 1.82) is 0 Å². The van der Waals surface area contributed by atoms with Gasteiger partial charge in [-0.1, -0.05) is 13.8 Å². The third-order valence-electron chi connectivity index (χ3n) is 9.29. The van der Waals surface area contributed by atoms with Crippen LogP contribution in [0, 0.1) is 84.5 Å². The summed E-state index contributed by atoms with van der Waals surface area (Å²) in [5, 5.41) is 20.4. The van der Waals surface area contributed by atoms with Crippen molar-refractivity contribution >= 4 is 0 Å². The first-order valence-corrected chi connectivity index (χ1v) is 10.2. The molecule has 3 heteroatoms. The predicted octanol–water partition coefficient (Wildman–Crippen LogP) is 4.39. The predicted molar refractivity (Wildman–Crippen MR) is 92.9 cm³/mol. The minimum atomic E-state index is -0.140. The van der Waals surface area contributed by atoms with Crippen molar-refractivity contribution in [3.05, 3.63) is 0 Å². The van der Waals surface area contributed by atoms with E-state index in [9.17, 15) is 10.2 Å². The molecule has 0 heterocycles. The largest absolute Gasteiger partial charge is 0.393 e. The molecular formula is C21H36AcO2. The molecular weight excluding hydrogens is 511 g/mol. The Hall–Kier alpha value is 1.36. The smallest absolute Gasteiger partial charge is 0.0545 e. The zero-order valence-corrected chi connectivity index (χ0v) is 20.6. The Morgan fingerprint density at radius 3 is 2.25 bits per heavy atom. The minimum Gasteiger partial charge on any atom is -0.393 e. The van der Waals surface area contributed by atoms with Gasteiger partial charge in [-0.3, -0.25) is 0 Å². The third kappa shape index (κ3) is 2.91. The van der Waals surface area contributed by atoms with Crippen molar-refractivity contribution in [1.82, 2.24) is 0 Å². The molecule has 9 atom stereocenters. The molecule has 0 saturated heterocycles. The first-order valence-electron chi connectivity index (χ1n) is 10.2. The van der Waals surface area contributed by atoms with Gasteiger partial charge >= 0.3 is 0 Å². The van der Waals surface area contributed by atoms with Crippen LogP contribution in [0.1, 0.15) is 78.6 Å². The van der Waals surface area contributed by atoms with Crippen LogP contribution in [-0.4, -0.2) is 22.4 Å². The minimum absolute atomic E-state index is 0. The van der Waals surface area contributed by atoms with Gasteiger partial charge in [-0.15, -0.1) is 0 Å². The molecule has 0 spiro atoms. The van der Waals surface area contributed by atoms with Gasteiger partial charge in [0, 0.05) is 44.1 Å². The summed E-state index contributed by atoms with van der Waals surface area (Å²) in [5.74, 6) is 3.87. The molecule has 4 saturated carbocycles. The van der Waals surface area contributed by atoms with E-state index in [0.29, 0.717) is 16.7 Å². The first kappa shape index (κ1) is 20.1. The van der Waals surface area contributed by atoms with Crippen LogP contribution in [0.3, 0.4) is 0 Å². The van der Waals surface area contributed by atoms with Crippen LogP contribution in [0.4, 0.5) is 0 Å². The fourth-order valence-electron chi connectivity index (χ4n) is 8.07. The van der Waals surface area contributed by atoms with E-state index in [4.69, 9.17) is 0 Å². The molecule has 24 heavy (non-hydrogen) atoms. The van der Waals surface area contributed by atoms with Crippen LogP contribution < -0.4 is 0 Å². The summed E-state index contributed by atoms with van der Waals surface area (Å²) in [6, 6.07) is 0. The van der Waals surface area contributed by atoms with E-state index < -0.39 is 0 Å². The van der Waals surface area contributed by atoms with Crippen LogP contribution in [0.5, 0.6) is 0 Å². The number of fused-ring (bicyclic) bond motifs is 5. The van der Waals surface area contributed by atoms with Crippen LogP contribution in [0.15, 0.2) is 0 Å².